The van der Waals surface area contributed by atoms with Gasteiger partial charge in [-0.25, -0.2) is 9.37 Å². The van der Waals surface area contributed by atoms with E-state index >= 15 is 0 Å². The normalized spacial score (nSPS) is 31.4. The van der Waals surface area contributed by atoms with Gasteiger partial charge in [0.25, 0.3) is 0 Å². The van der Waals surface area contributed by atoms with Crippen LogP contribution in [0.15, 0.2) is 24.3 Å². The molecule has 2 heterocycles. The van der Waals surface area contributed by atoms with Crippen molar-refractivity contribution in [2.24, 2.45) is 23.2 Å². The number of aliphatic hydroxyl groups excluding tert-OH is 1. The average Bonchev–Trinajstić information content (AvgIpc) is 3.28. The lowest BCUT2D eigenvalue weighted by molar-refractivity contribution is -0.134. The number of nitrogens with zero attached hydrogens (tertiary/aromatic N) is 2. The minimum atomic E-state index is -0.553. The molecule has 2 N–H and O–H groups in total. The number of hydrogen-bond acceptors (Lipinski definition) is 6. The molecule has 36 heavy (non-hydrogen) atoms. The number of rotatable bonds is 6. The minimum absolute atomic E-state index is 0.0263. The SMILES string of the molecule is C[C@H](C(=O)NCCN1CCOCC1)[C@H]1CC[C@]2(C)Cc3sc(-c4ccc(F)cc4)nc3[C@H](C)[C@@H]2[C@H]1O. The van der Waals surface area contributed by atoms with Crippen molar-refractivity contribution in [3.05, 3.63) is 40.7 Å². The van der Waals surface area contributed by atoms with Crippen LogP contribution < -0.4 is 5.32 Å². The summed E-state index contributed by atoms with van der Waals surface area (Å²) in [5.74, 6) is -0.375. The number of morpholine rings is 1. The zero-order chi connectivity index (χ0) is 25.4. The van der Waals surface area contributed by atoms with E-state index in [1.54, 1.807) is 23.5 Å². The van der Waals surface area contributed by atoms with Crippen LogP contribution in [-0.2, 0) is 16.0 Å². The fourth-order valence-electron chi connectivity index (χ4n) is 6.78. The summed E-state index contributed by atoms with van der Waals surface area (Å²) < 4.78 is 18.8. The third kappa shape index (κ3) is 4.97. The number of carbonyl (C=O) groups is 1. The number of carbonyl (C=O) groups excluding carboxylic acids is 1. The highest BCUT2D eigenvalue weighted by Crippen LogP contribution is 2.57. The zero-order valence-electron chi connectivity index (χ0n) is 21.5. The molecule has 1 saturated heterocycles. The van der Waals surface area contributed by atoms with Gasteiger partial charge < -0.3 is 15.2 Å². The maximum absolute atomic E-state index is 13.4. The Bertz CT molecular complexity index is 1070. The van der Waals surface area contributed by atoms with Gasteiger partial charge in [0.1, 0.15) is 10.8 Å². The summed E-state index contributed by atoms with van der Waals surface area (Å²) in [5, 5.41) is 15.7. The zero-order valence-corrected chi connectivity index (χ0v) is 22.3. The van der Waals surface area contributed by atoms with Crippen LogP contribution in [0, 0.1) is 29.0 Å². The van der Waals surface area contributed by atoms with Gasteiger partial charge in [-0.15, -0.1) is 11.3 Å². The molecule has 1 amide bonds. The number of amides is 1. The van der Waals surface area contributed by atoms with Crippen molar-refractivity contribution in [2.45, 2.75) is 52.1 Å². The van der Waals surface area contributed by atoms with Crippen molar-refractivity contribution >= 4 is 17.2 Å². The first-order valence-electron chi connectivity index (χ1n) is 13.3. The van der Waals surface area contributed by atoms with E-state index in [4.69, 9.17) is 9.72 Å². The molecule has 0 spiro atoms. The topological polar surface area (TPSA) is 74.7 Å². The molecule has 196 valence electrons. The van der Waals surface area contributed by atoms with E-state index in [9.17, 15) is 14.3 Å². The van der Waals surface area contributed by atoms with Gasteiger partial charge in [0, 0.05) is 48.5 Å². The van der Waals surface area contributed by atoms with Crippen LogP contribution in [0.3, 0.4) is 0 Å². The smallest absolute Gasteiger partial charge is 0.223 e. The number of aromatic nitrogens is 1. The summed E-state index contributed by atoms with van der Waals surface area (Å²) >= 11 is 1.70. The molecule has 5 rings (SSSR count). The van der Waals surface area contributed by atoms with Crippen LogP contribution in [0.5, 0.6) is 0 Å². The van der Waals surface area contributed by atoms with E-state index in [-0.39, 0.29) is 40.8 Å². The lowest BCUT2D eigenvalue weighted by Gasteiger charge is -2.53. The fraction of sp³-hybridized carbons (Fsp3) is 0.643. The number of ether oxygens (including phenoxy) is 1. The van der Waals surface area contributed by atoms with Gasteiger partial charge in [-0.1, -0.05) is 20.8 Å². The molecule has 0 radical (unpaired) electrons. The predicted octanol–water partition coefficient (Wildman–Crippen LogP) is 4.09. The second-order valence-corrected chi connectivity index (χ2v) is 12.3. The molecular formula is C28H38FN3O3S. The van der Waals surface area contributed by atoms with Crippen molar-refractivity contribution in [2.75, 3.05) is 39.4 Å². The van der Waals surface area contributed by atoms with E-state index in [2.05, 4.69) is 24.1 Å². The van der Waals surface area contributed by atoms with E-state index < -0.39 is 6.10 Å². The second kappa shape index (κ2) is 10.5. The fourth-order valence-corrected chi connectivity index (χ4v) is 8.15. The Labute approximate surface area is 217 Å². The molecule has 6 atom stereocenters. The molecule has 2 aromatic rings. The number of nitrogens with one attached hydrogen (secondary N) is 1. The molecule has 0 unspecified atom stereocenters. The molecular weight excluding hydrogens is 477 g/mol. The number of halogens is 1. The molecule has 1 aromatic carbocycles. The Hall–Kier alpha value is -1.87. The number of thiazole rings is 1. The third-order valence-corrected chi connectivity index (χ3v) is 10.0. The highest BCUT2D eigenvalue weighted by atomic mass is 32.1. The van der Waals surface area contributed by atoms with Crippen molar-refractivity contribution in [1.29, 1.82) is 0 Å². The van der Waals surface area contributed by atoms with Crippen molar-refractivity contribution in [1.82, 2.24) is 15.2 Å². The molecule has 6 nitrogen and oxygen atoms in total. The van der Waals surface area contributed by atoms with Gasteiger partial charge in [-0.05, 0) is 60.8 Å². The van der Waals surface area contributed by atoms with Crippen LogP contribution in [0.2, 0.25) is 0 Å². The van der Waals surface area contributed by atoms with Gasteiger partial charge in [0.2, 0.25) is 5.91 Å². The first kappa shape index (κ1) is 25.8. The summed E-state index contributed by atoms with van der Waals surface area (Å²) in [6, 6.07) is 6.51. The van der Waals surface area contributed by atoms with E-state index in [0.29, 0.717) is 6.54 Å². The first-order valence-corrected chi connectivity index (χ1v) is 14.1. The second-order valence-electron chi connectivity index (χ2n) is 11.2. The Morgan fingerprint density at radius 1 is 1.33 bits per heavy atom. The average molecular weight is 516 g/mol. The van der Waals surface area contributed by atoms with Gasteiger partial charge in [0.05, 0.1) is 25.0 Å². The van der Waals surface area contributed by atoms with Crippen molar-refractivity contribution in [3.8, 4) is 10.6 Å². The maximum atomic E-state index is 13.4. The summed E-state index contributed by atoms with van der Waals surface area (Å²) in [5.41, 5.74) is 1.96. The Balaban J connectivity index is 1.27. The van der Waals surface area contributed by atoms with Gasteiger partial charge >= 0.3 is 0 Å². The van der Waals surface area contributed by atoms with Crippen LogP contribution in [0.4, 0.5) is 4.39 Å². The quantitative estimate of drug-likeness (QED) is 0.606. The van der Waals surface area contributed by atoms with Crippen molar-refractivity contribution < 1.29 is 19.0 Å². The summed E-state index contributed by atoms with van der Waals surface area (Å²) in [7, 11) is 0. The minimum Gasteiger partial charge on any atom is -0.392 e. The predicted molar refractivity (Wildman–Crippen MR) is 139 cm³/mol. The number of aliphatic hydroxyl groups is 1. The van der Waals surface area contributed by atoms with Crippen molar-refractivity contribution in [3.63, 3.8) is 0 Å². The first-order chi connectivity index (χ1) is 17.3. The number of fused-ring (bicyclic) bond motifs is 2. The van der Waals surface area contributed by atoms with Gasteiger partial charge in [-0.3, -0.25) is 9.69 Å². The lowest BCUT2D eigenvalue weighted by atomic mass is 9.53. The van der Waals surface area contributed by atoms with Crippen LogP contribution >= 0.6 is 11.3 Å². The maximum Gasteiger partial charge on any atom is 0.223 e. The summed E-state index contributed by atoms with van der Waals surface area (Å²) in [4.78, 5) is 21.6. The monoisotopic (exact) mass is 515 g/mol. The van der Waals surface area contributed by atoms with E-state index in [1.165, 1.54) is 17.0 Å². The Kier molecular flexibility index (Phi) is 7.50. The lowest BCUT2D eigenvalue weighted by Crippen LogP contribution is -2.53. The van der Waals surface area contributed by atoms with Crippen LogP contribution in [0.1, 0.15) is 50.1 Å². The van der Waals surface area contributed by atoms with Gasteiger partial charge in [0.15, 0.2) is 0 Å². The number of hydrogen-bond donors (Lipinski definition) is 2. The van der Waals surface area contributed by atoms with E-state index in [1.807, 2.05) is 6.92 Å². The molecule has 2 fully saturated rings. The molecule has 1 aromatic heterocycles. The molecule has 1 aliphatic heterocycles. The highest BCUT2D eigenvalue weighted by Gasteiger charge is 2.53. The molecule has 0 bridgehead atoms. The third-order valence-electron chi connectivity index (χ3n) is 8.90. The van der Waals surface area contributed by atoms with Crippen LogP contribution in [-0.4, -0.2) is 66.4 Å². The van der Waals surface area contributed by atoms with E-state index in [0.717, 1.165) is 68.4 Å². The highest BCUT2D eigenvalue weighted by molar-refractivity contribution is 7.15. The van der Waals surface area contributed by atoms with Gasteiger partial charge in [-0.2, -0.15) is 0 Å². The summed E-state index contributed by atoms with van der Waals surface area (Å²) in [6.45, 7) is 11.2. The Morgan fingerprint density at radius 2 is 2.06 bits per heavy atom. The molecule has 1 saturated carbocycles. The van der Waals surface area contributed by atoms with Crippen LogP contribution in [0.25, 0.3) is 10.6 Å². The standard InChI is InChI=1S/C28H38FN3O3S/c1-17(26(34)30-10-11-32-12-14-35-15-13-32)21-8-9-28(3)16-22-24(18(2)23(28)25(21)33)31-27(36-22)19-4-6-20(29)7-5-19/h4-7,17-18,21,23,25,33H,8-16H2,1-3H3,(H,30,34)/t17-,18+,21+,23+,25-,28+/m0/s1. The molecule has 2 aliphatic carbocycles. The molecule has 8 heteroatoms. The largest absolute Gasteiger partial charge is 0.392 e. The Morgan fingerprint density at radius 3 is 2.78 bits per heavy atom. The summed E-state index contributed by atoms with van der Waals surface area (Å²) in [6.07, 6.45) is 2.17. The number of benzene rings is 1. The molecule has 3 aliphatic rings.